The molecule has 0 amide bonds. The van der Waals surface area contributed by atoms with Crippen LogP contribution in [0.4, 0.5) is 0 Å². The van der Waals surface area contributed by atoms with Crippen molar-refractivity contribution in [3.63, 3.8) is 0 Å². The molecule has 0 atom stereocenters. The molecular formula is C6H12Ge. The van der Waals surface area contributed by atoms with Crippen molar-refractivity contribution < 1.29 is 0 Å². The van der Waals surface area contributed by atoms with Crippen molar-refractivity contribution in [3.05, 3.63) is 11.0 Å². The molecule has 0 N–H and O–H groups in total. The van der Waals surface area contributed by atoms with E-state index in [1.54, 1.807) is 4.41 Å². The topological polar surface area (TPSA) is 0 Å². The van der Waals surface area contributed by atoms with Gasteiger partial charge in [0.15, 0.2) is 0 Å². The Labute approximate surface area is 48.0 Å². The molecule has 1 aliphatic heterocycles. The van der Waals surface area contributed by atoms with E-state index in [9.17, 15) is 0 Å². The zero-order chi connectivity index (χ0) is 5.49. The first-order chi connectivity index (χ1) is 3.13. The van der Waals surface area contributed by atoms with Crippen molar-refractivity contribution in [3.8, 4) is 0 Å². The molecule has 1 rings (SSSR count). The molecule has 40 valence electrons. The third kappa shape index (κ3) is 0.764. The van der Waals surface area contributed by atoms with E-state index in [4.69, 9.17) is 0 Å². The van der Waals surface area contributed by atoms with Gasteiger partial charge in [-0.25, -0.2) is 0 Å². The fraction of sp³-hybridized carbons (Fsp3) is 0.667. The van der Waals surface area contributed by atoms with Crippen LogP contribution in [0.25, 0.3) is 0 Å². The molecule has 1 heterocycles. The van der Waals surface area contributed by atoms with Crippen molar-refractivity contribution in [1.29, 1.82) is 0 Å². The summed E-state index contributed by atoms with van der Waals surface area (Å²) in [4.78, 5) is 0. The second-order valence-corrected chi connectivity index (χ2v) is 13.4. The van der Waals surface area contributed by atoms with Gasteiger partial charge in [0.25, 0.3) is 0 Å². The van der Waals surface area contributed by atoms with Gasteiger partial charge in [-0.05, 0) is 0 Å². The van der Waals surface area contributed by atoms with Crippen LogP contribution in [0.2, 0.25) is 16.8 Å². The summed E-state index contributed by atoms with van der Waals surface area (Å²) in [6, 6.07) is 0. The fourth-order valence-corrected chi connectivity index (χ4v) is 4.17. The van der Waals surface area contributed by atoms with Gasteiger partial charge in [0, 0.05) is 0 Å². The molecule has 7 heavy (non-hydrogen) atoms. The second kappa shape index (κ2) is 1.38. The molecule has 0 radical (unpaired) electrons. The van der Waals surface area contributed by atoms with E-state index in [2.05, 4.69) is 18.1 Å². The molecular weight excluding hydrogens is 145 g/mol. The molecule has 0 nitrogen and oxygen atoms in total. The van der Waals surface area contributed by atoms with Crippen LogP contribution in [0.1, 0.15) is 6.42 Å². The molecule has 0 unspecified atom stereocenters. The van der Waals surface area contributed by atoms with Gasteiger partial charge in [-0.15, -0.1) is 0 Å². The summed E-state index contributed by atoms with van der Waals surface area (Å²) in [5.74, 6) is 4.87. The second-order valence-electron chi connectivity index (χ2n) is 2.99. The molecule has 1 aliphatic rings. The average Bonchev–Trinajstić information content (AvgIpc) is 1.63. The Kier molecular flexibility index (Phi) is 1.07. The molecule has 0 aromatic heterocycles. The normalized spacial score (nSPS) is 26.9. The van der Waals surface area contributed by atoms with E-state index in [1.165, 1.54) is 11.7 Å². The molecule has 0 aromatic carbocycles. The molecule has 0 saturated carbocycles. The van der Waals surface area contributed by atoms with E-state index in [0.717, 1.165) is 0 Å². The van der Waals surface area contributed by atoms with Crippen molar-refractivity contribution in [1.82, 2.24) is 0 Å². The molecule has 0 spiro atoms. The summed E-state index contributed by atoms with van der Waals surface area (Å²) < 4.78 is 1.61. The predicted molar refractivity (Wildman–Crippen MR) is 36.0 cm³/mol. The first-order valence-corrected chi connectivity index (χ1v) is 9.54. The summed E-state index contributed by atoms with van der Waals surface area (Å²) in [6.45, 7) is 4.00. The van der Waals surface area contributed by atoms with Crippen LogP contribution in [0.5, 0.6) is 0 Å². The summed E-state index contributed by atoms with van der Waals surface area (Å²) in [7, 11) is 0. The van der Waals surface area contributed by atoms with Crippen molar-refractivity contribution >= 4 is 13.3 Å². The van der Waals surface area contributed by atoms with E-state index >= 15 is 0 Å². The van der Waals surface area contributed by atoms with Gasteiger partial charge in [0.2, 0.25) is 0 Å². The van der Waals surface area contributed by atoms with Gasteiger partial charge in [-0.2, -0.15) is 0 Å². The first-order valence-electron chi connectivity index (χ1n) is 2.81. The SMILES string of the molecule is C=[C]1C[CH2][Ge]1([CH3])[CH3]. The van der Waals surface area contributed by atoms with Crippen molar-refractivity contribution in [2.24, 2.45) is 0 Å². The average molecular weight is 157 g/mol. The Bertz CT molecular complexity index is 103. The van der Waals surface area contributed by atoms with Crippen LogP contribution in [-0.4, -0.2) is 13.3 Å². The standard InChI is InChI=1S/C6H12Ge/c1-6-4-5-7(6,2)3/h1,4-5H2,2-3H3. The molecule has 0 aliphatic carbocycles. The van der Waals surface area contributed by atoms with E-state index in [-0.39, 0.29) is 0 Å². The first kappa shape index (κ1) is 5.42. The summed E-state index contributed by atoms with van der Waals surface area (Å²) >= 11 is -1.18. The minimum absolute atomic E-state index is 1.18. The Balaban J connectivity index is 2.59. The number of allylic oxidation sites excluding steroid dienone is 1. The predicted octanol–water partition coefficient (Wildman–Crippen LogP) is 2.19. The molecule has 1 fully saturated rings. The quantitative estimate of drug-likeness (QED) is 0.472. The van der Waals surface area contributed by atoms with Crippen LogP contribution in [0.3, 0.4) is 0 Å². The van der Waals surface area contributed by atoms with Crippen LogP contribution in [0, 0.1) is 0 Å². The molecule has 1 saturated heterocycles. The van der Waals surface area contributed by atoms with E-state index in [0.29, 0.717) is 0 Å². The van der Waals surface area contributed by atoms with Crippen LogP contribution in [-0.2, 0) is 0 Å². The summed E-state index contributed by atoms with van der Waals surface area (Å²) in [5, 5.41) is 1.53. The monoisotopic (exact) mass is 158 g/mol. The number of hydrogen-bond donors (Lipinski definition) is 0. The fourth-order valence-electron chi connectivity index (χ4n) is 0.802. The zero-order valence-electron chi connectivity index (χ0n) is 5.12. The minimum atomic E-state index is -1.18. The maximum absolute atomic E-state index is 4.00. The molecule has 0 bridgehead atoms. The third-order valence-electron chi connectivity index (χ3n) is 2.01. The maximum atomic E-state index is 4.00. The van der Waals surface area contributed by atoms with E-state index < -0.39 is 13.3 Å². The van der Waals surface area contributed by atoms with Gasteiger partial charge in [0.1, 0.15) is 0 Å². The summed E-state index contributed by atoms with van der Waals surface area (Å²) in [5.41, 5.74) is 0. The van der Waals surface area contributed by atoms with Gasteiger partial charge >= 0.3 is 47.4 Å². The van der Waals surface area contributed by atoms with Gasteiger partial charge in [-0.1, -0.05) is 0 Å². The third-order valence-corrected chi connectivity index (χ3v) is 9.70. The Morgan fingerprint density at radius 2 is 2.00 bits per heavy atom. The molecule has 0 aromatic rings. The Morgan fingerprint density at radius 1 is 1.57 bits per heavy atom. The number of hydrogen-bond acceptors (Lipinski definition) is 0. The Hall–Kier alpha value is 0.283. The van der Waals surface area contributed by atoms with Crippen LogP contribution < -0.4 is 0 Å². The van der Waals surface area contributed by atoms with Crippen molar-refractivity contribution in [2.45, 2.75) is 23.2 Å². The van der Waals surface area contributed by atoms with Gasteiger partial charge in [0.05, 0.1) is 0 Å². The molecule has 1 heteroatoms. The van der Waals surface area contributed by atoms with Gasteiger partial charge < -0.3 is 0 Å². The van der Waals surface area contributed by atoms with Crippen LogP contribution in [0.15, 0.2) is 11.0 Å². The zero-order valence-corrected chi connectivity index (χ0v) is 7.22. The van der Waals surface area contributed by atoms with Gasteiger partial charge in [-0.3, -0.25) is 0 Å². The Morgan fingerprint density at radius 3 is 2.00 bits per heavy atom. The number of rotatable bonds is 0. The van der Waals surface area contributed by atoms with Crippen molar-refractivity contribution in [2.75, 3.05) is 0 Å². The summed E-state index contributed by atoms with van der Waals surface area (Å²) in [6.07, 6.45) is 1.34. The van der Waals surface area contributed by atoms with E-state index in [1.807, 2.05) is 0 Å². The van der Waals surface area contributed by atoms with Crippen LogP contribution >= 0.6 is 0 Å².